The molecule has 1 atom stereocenters. The van der Waals surface area contributed by atoms with Gasteiger partial charge in [-0.05, 0) is 126 Å². The Kier molecular flexibility index (Phi) is 4.93. The van der Waals surface area contributed by atoms with Gasteiger partial charge < -0.3 is 0 Å². The van der Waals surface area contributed by atoms with Gasteiger partial charge in [0.05, 0.1) is 10.8 Å². The molecule has 0 aliphatic heterocycles. The summed E-state index contributed by atoms with van der Waals surface area (Å²) < 4.78 is 1.53. The Balaban J connectivity index is 1.59. The molecule has 43 heavy (non-hydrogen) atoms. The fraction of sp³-hybridized carbons (Fsp3) is 0.158. The quantitative estimate of drug-likeness (QED) is 0.192. The van der Waals surface area contributed by atoms with E-state index in [0.29, 0.717) is 10.8 Å². The van der Waals surface area contributed by atoms with Crippen molar-refractivity contribution in [1.82, 2.24) is 14.5 Å². The topological polar surface area (TPSA) is 64.8 Å². The van der Waals surface area contributed by atoms with Gasteiger partial charge in [-0.1, -0.05) is 44.0 Å². The van der Waals surface area contributed by atoms with Gasteiger partial charge in [-0.2, -0.15) is 0 Å². The largest absolute Gasteiger partial charge is 0.271 e. The van der Waals surface area contributed by atoms with Crippen LogP contribution in [0.15, 0.2) is 95.0 Å². The van der Waals surface area contributed by atoms with E-state index < -0.39 is 0 Å². The van der Waals surface area contributed by atoms with Gasteiger partial charge in [-0.25, -0.2) is 0 Å². The van der Waals surface area contributed by atoms with Gasteiger partial charge in [0.15, 0.2) is 0 Å². The van der Waals surface area contributed by atoms with E-state index >= 15 is 0 Å². The summed E-state index contributed by atoms with van der Waals surface area (Å²) in [6, 6.07) is 21.0. The fourth-order valence-corrected chi connectivity index (χ4v) is 7.77. The summed E-state index contributed by atoms with van der Waals surface area (Å²) in [5.74, 6) is 0. The highest BCUT2D eigenvalue weighted by Crippen LogP contribution is 2.53. The Morgan fingerprint density at radius 2 is 1.07 bits per heavy atom. The van der Waals surface area contributed by atoms with Crippen LogP contribution in [0.3, 0.4) is 0 Å². The van der Waals surface area contributed by atoms with E-state index in [-0.39, 0.29) is 17.2 Å². The zero-order chi connectivity index (χ0) is 29.0. The van der Waals surface area contributed by atoms with Crippen molar-refractivity contribution in [2.75, 3.05) is 0 Å². The van der Waals surface area contributed by atoms with E-state index in [1.165, 1.54) is 20.7 Å². The minimum Gasteiger partial charge on any atom is -0.271 e. The second-order valence-corrected chi connectivity index (χ2v) is 12.0. The molecule has 0 radical (unpaired) electrons. The number of nitrogens with zero attached hydrogens (tertiary/aromatic N) is 3. The standard InChI is InChI=1S/C38H27N3O2/c1-3-4-5-20(2)41-37(42)35-28-18-26(21-10-14-39-15-11-21)24-8-6-23-7-9-25-27(22-12-16-40-17-13-22)19-29(36(35)38(41)43)34-32(25)30(23)31(24)33(28)34/h6-20H,3-5H2,1-2H3. The molecule has 3 heterocycles. The van der Waals surface area contributed by atoms with E-state index in [0.717, 1.165) is 79.2 Å². The number of unbranched alkanes of at least 4 members (excludes halogenated alkanes) is 1. The van der Waals surface area contributed by atoms with Gasteiger partial charge in [0, 0.05) is 30.8 Å². The number of aromatic nitrogens is 3. The summed E-state index contributed by atoms with van der Waals surface area (Å²) in [4.78, 5) is 37.4. The van der Waals surface area contributed by atoms with Gasteiger partial charge in [-0.15, -0.1) is 0 Å². The van der Waals surface area contributed by atoms with Crippen molar-refractivity contribution in [1.29, 1.82) is 0 Å². The van der Waals surface area contributed by atoms with E-state index in [2.05, 4.69) is 53.3 Å². The van der Waals surface area contributed by atoms with Crippen LogP contribution in [-0.2, 0) is 0 Å². The number of hydrogen-bond acceptors (Lipinski definition) is 4. The molecule has 9 aromatic rings. The first-order valence-corrected chi connectivity index (χ1v) is 15.1. The molecule has 206 valence electrons. The zero-order valence-electron chi connectivity index (χ0n) is 23.9. The summed E-state index contributed by atoms with van der Waals surface area (Å²) in [6.45, 7) is 4.14. The molecule has 0 aliphatic carbocycles. The third-order valence-corrected chi connectivity index (χ3v) is 9.69. The average molecular weight is 558 g/mol. The molecule has 0 aliphatic rings. The van der Waals surface area contributed by atoms with Crippen LogP contribution >= 0.6 is 0 Å². The van der Waals surface area contributed by atoms with Crippen LogP contribution in [0.25, 0.3) is 86.9 Å². The lowest BCUT2D eigenvalue weighted by Gasteiger charge is -2.12. The minimum atomic E-state index is -0.181. The molecule has 5 heteroatoms. The molecular formula is C38H27N3O2. The highest BCUT2D eigenvalue weighted by molar-refractivity contribution is 6.49. The van der Waals surface area contributed by atoms with Crippen molar-refractivity contribution < 1.29 is 0 Å². The number of rotatable bonds is 6. The van der Waals surface area contributed by atoms with Gasteiger partial charge >= 0.3 is 0 Å². The minimum absolute atomic E-state index is 0.178. The molecule has 0 fully saturated rings. The van der Waals surface area contributed by atoms with Gasteiger partial charge in [0.2, 0.25) is 0 Å². The van der Waals surface area contributed by atoms with Crippen LogP contribution in [0.4, 0.5) is 0 Å². The highest BCUT2D eigenvalue weighted by Gasteiger charge is 2.29. The third kappa shape index (κ3) is 3.06. The Morgan fingerprint density at radius 3 is 1.53 bits per heavy atom. The molecule has 0 saturated carbocycles. The molecule has 0 saturated heterocycles. The molecule has 9 rings (SSSR count). The first-order chi connectivity index (χ1) is 21.1. The number of fused-ring (bicyclic) bond motifs is 3. The van der Waals surface area contributed by atoms with E-state index in [9.17, 15) is 9.59 Å². The molecule has 6 aromatic carbocycles. The Bertz CT molecular complexity index is 2420. The lowest BCUT2D eigenvalue weighted by molar-refractivity contribution is 0.470. The Morgan fingerprint density at radius 1 is 0.605 bits per heavy atom. The second kappa shape index (κ2) is 8.68. The first-order valence-electron chi connectivity index (χ1n) is 15.1. The van der Waals surface area contributed by atoms with E-state index in [1.54, 1.807) is 24.8 Å². The maximum atomic E-state index is 14.4. The molecule has 3 aromatic heterocycles. The molecule has 1 unspecified atom stereocenters. The summed E-state index contributed by atoms with van der Waals surface area (Å²) in [6.07, 6.45) is 9.99. The molecule has 5 nitrogen and oxygen atoms in total. The van der Waals surface area contributed by atoms with Crippen molar-refractivity contribution in [3.8, 4) is 22.3 Å². The van der Waals surface area contributed by atoms with Gasteiger partial charge in [0.1, 0.15) is 0 Å². The Hall–Kier alpha value is -5.16. The van der Waals surface area contributed by atoms with Gasteiger partial charge in [0.25, 0.3) is 11.1 Å². The monoisotopic (exact) mass is 557 g/mol. The van der Waals surface area contributed by atoms with E-state index in [4.69, 9.17) is 0 Å². The predicted octanol–water partition coefficient (Wildman–Crippen LogP) is 8.75. The average Bonchev–Trinajstić information content (AvgIpc) is 3.55. The van der Waals surface area contributed by atoms with E-state index in [1.807, 2.05) is 31.2 Å². The number of benzene rings is 5. The van der Waals surface area contributed by atoms with Crippen LogP contribution < -0.4 is 11.1 Å². The lowest BCUT2D eigenvalue weighted by atomic mass is 9.89. The lowest BCUT2D eigenvalue weighted by Crippen LogP contribution is -2.28. The smallest absolute Gasteiger partial charge is 0.262 e. The zero-order valence-corrected chi connectivity index (χ0v) is 23.9. The molecule has 0 spiro atoms. The molecule has 0 bridgehead atoms. The first kappa shape index (κ1) is 24.4. The number of hydrogen-bond donors (Lipinski definition) is 0. The summed E-state index contributed by atoms with van der Waals surface area (Å²) >= 11 is 0. The number of pyridine rings is 2. The Labute approximate surface area is 246 Å². The van der Waals surface area contributed by atoms with Crippen LogP contribution in [0, 0.1) is 0 Å². The second-order valence-electron chi connectivity index (χ2n) is 12.0. The van der Waals surface area contributed by atoms with Crippen molar-refractivity contribution in [2.24, 2.45) is 0 Å². The van der Waals surface area contributed by atoms with Crippen LogP contribution in [-0.4, -0.2) is 14.5 Å². The van der Waals surface area contributed by atoms with Crippen molar-refractivity contribution in [3.63, 3.8) is 0 Å². The molecule has 0 amide bonds. The predicted molar refractivity (Wildman–Crippen MR) is 177 cm³/mol. The molecule has 0 N–H and O–H groups in total. The maximum Gasteiger partial charge on any atom is 0.262 e. The molecular weight excluding hydrogens is 530 g/mol. The van der Waals surface area contributed by atoms with Crippen molar-refractivity contribution in [2.45, 2.75) is 39.2 Å². The summed E-state index contributed by atoms with van der Waals surface area (Å²) in [5.41, 5.74) is 3.81. The summed E-state index contributed by atoms with van der Waals surface area (Å²) in [5, 5.41) is 12.0. The van der Waals surface area contributed by atoms with Crippen molar-refractivity contribution >= 4 is 64.6 Å². The summed E-state index contributed by atoms with van der Waals surface area (Å²) in [7, 11) is 0. The third-order valence-electron chi connectivity index (χ3n) is 9.69. The maximum absolute atomic E-state index is 14.4. The van der Waals surface area contributed by atoms with Gasteiger partial charge in [-0.3, -0.25) is 24.1 Å². The van der Waals surface area contributed by atoms with Crippen LogP contribution in [0.1, 0.15) is 39.2 Å². The van der Waals surface area contributed by atoms with Crippen LogP contribution in [0.2, 0.25) is 0 Å². The normalized spacial score (nSPS) is 13.3. The highest BCUT2D eigenvalue weighted by atomic mass is 16.2. The SMILES string of the molecule is CCCCC(C)n1c(=O)c2c3cc(-c4ccncc4)c4ccc5ccc6c(-c7ccncc7)cc(c2c1=O)c1c6c5c4c31. The van der Waals surface area contributed by atoms with Crippen molar-refractivity contribution in [3.05, 3.63) is 106 Å². The van der Waals surface area contributed by atoms with Crippen LogP contribution in [0.5, 0.6) is 0 Å². The fourth-order valence-electron chi connectivity index (χ4n) is 7.77.